The molecule has 152 valence electrons. The molecule has 2 aromatic carbocycles. The molecule has 2 aliphatic rings. The molecule has 30 heavy (non-hydrogen) atoms. The topological polar surface area (TPSA) is 78.9 Å². The molecular weight excluding hydrogens is 398 g/mol. The second-order valence-electron chi connectivity index (χ2n) is 7.88. The van der Waals surface area contributed by atoms with Crippen molar-refractivity contribution in [2.45, 2.75) is 32.1 Å². The largest absolute Gasteiger partial charge is 0.339 e. The van der Waals surface area contributed by atoms with E-state index in [-0.39, 0.29) is 11.8 Å². The van der Waals surface area contributed by atoms with Crippen molar-refractivity contribution < 1.29 is 4.79 Å². The fourth-order valence-electron chi connectivity index (χ4n) is 3.77. The number of nitrogens with zero attached hydrogens (tertiary/aromatic N) is 2. The van der Waals surface area contributed by atoms with Gasteiger partial charge in [-0.15, -0.1) is 0 Å². The second kappa shape index (κ2) is 7.95. The van der Waals surface area contributed by atoms with Crippen LogP contribution in [0.25, 0.3) is 0 Å². The summed E-state index contributed by atoms with van der Waals surface area (Å²) in [5.41, 5.74) is 4.90. The highest BCUT2D eigenvalue weighted by Gasteiger charge is 2.25. The number of aromatic nitrogens is 2. The van der Waals surface area contributed by atoms with E-state index in [4.69, 9.17) is 11.6 Å². The number of anilines is 5. The van der Waals surface area contributed by atoms with Crippen LogP contribution in [0.5, 0.6) is 0 Å². The maximum Gasteiger partial charge on any atom is 0.229 e. The normalized spacial score (nSPS) is 15.4. The van der Waals surface area contributed by atoms with Crippen LogP contribution in [0.15, 0.2) is 48.7 Å². The molecule has 0 atom stereocenters. The third-order valence-electron chi connectivity index (χ3n) is 5.63. The monoisotopic (exact) mass is 419 g/mol. The molecule has 1 aliphatic carbocycles. The Labute approximate surface area is 180 Å². The lowest BCUT2D eigenvalue weighted by Crippen LogP contribution is -2.28. The number of rotatable bonds is 2. The van der Waals surface area contributed by atoms with Gasteiger partial charge in [-0.05, 0) is 67.1 Å². The van der Waals surface area contributed by atoms with E-state index in [1.54, 1.807) is 6.20 Å². The van der Waals surface area contributed by atoms with Crippen molar-refractivity contribution in [3.63, 3.8) is 0 Å². The minimum Gasteiger partial charge on any atom is -0.339 e. The van der Waals surface area contributed by atoms with Gasteiger partial charge in [0, 0.05) is 23.0 Å². The molecule has 1 amide bonds. The molecule has 6 bridgehead atoms. The Bertz CT molecular complexity index is 1110. The van der Waals surface area contributed by atoms with Crippen LogP contribution in [-0.4, -0.2) is 15.9 Å². The molecule has 1 saturated carbocycles. The molecule has 0 saturated heterocycles. The Morgan fingerprint density at radius 3 is 2.70 bits per heavy atom. The third kappa shape index (κ3) is 4.09. The third-order valence-corrected chi connectivity index (χ3v) is 5.91. The maximum atomic E-state index is 12.5. The molecule has 1 aliphatic heterocycles. The summed E-state index contributed by atoms with van der Waals surface area (Å²) < 4.78 is 0. The van der Waals surface area contributed by atoms with E-state index < -0.39 is 0 Å². The molecule has 0 radical (unpaired) electrons. The Kier molecular flexibility index (Phi) is 5.01. The second-order valence-corrected chi connectivity index (χ2v) is 8.28. The number of benzene rings is 2. The van der Waals surface area contributed by atoms with E-state index in [0.29, 0.717) is 16.8 Å². The predicted octanol–water partition coefficient (Wildman–Crippen LogP) is 5.45. The van der Waals surface area contributed by atoms with Crippen molar-refractivity contribution in [1.82, 2.24) is 9.97 Å². The number of hydrogen-bond acceptors (Lipinski definition) is 5. The van der Waals surface area contributed by atoms with Crippen LogP contribution in [-0.2, 0) is 17.6 Å². The first-order chi connectivity index (χ1) is 14.6. The highest BCUT2D eigenvalue weighted by atomic mass is 35.5. The van der Waals surface area contributed by atoms with Crippen LogP contribution in [0, 0.1) is 5.92 Å². The zero-order valence-corrected chi connectivity index (χ0v) is 17.2. The molecule has 6 nitrogen and oxygen atoms in total. The van der Waals surface area contributed by atoms with Crippen LogP contribution >= 0.6 is 11.6 Å². The zero-order valence-electron chi connectivity index (χ0n) is 16.4. The van der Waals surface area contributed by atoms with Crippen molar-refractivity contribution in [3.05, 3.63) is 64.8 Å². The van der Waals surface area contributed by atoms with Gasteiger partial charge in [0.15, 0.2) is 5.82 Å². The van der Waals surface area contributed by atoms with Gasteiger partial charge in [-0.3, -0.25) is 4.79 Å². The lowest BCUT2D eigenvalue weighted by Gasteiger charge is -2.24. The van der Waals surface area contributed by atoms with Crippen molar-refractivity contribution >= 4 is 46.3 Å². The highest BCUT2D eigenvalue weighted by molar-refractivity contribution is 6.32. The van der Waals surface area contributed by atoms with Crippen LogP contribution in [0.4, 0.5) is 28.8 Å². The average molecular weight is 420 g/mol. The molecule has 1 aromatic heterocycles. The van der Waals surface area contributed by atoms with Gasteiger partial charge in [0.1, 0.15) is 5.02 Å². The number of halogens is 1. The molecule has 2 heterocycles. The van der Waals surface area contributed by atoms with Gasteiger partial charge >= 0.3 is 0 Å². The Morgan fingerprint density at radius 2 is 1.87 bits per heavy atom. The molecule has 0 unspecified atom stereocenters. The Balaban J connectivity index is 1.53. The summed E-state index contributed by atoms with van der Waals surface area (Å²) >= 11 is 6.34. The first-order valence-corrected chi connectivity index (χ1v) is 10.6. The standard InChI is InChI=1S/C23H22ClN5O/c24-20-13-25-23-28-17-6-1-3-14(9-17)7-8-15-10-18(26-21(20)29-23)12-19(11-15)27-22(30)16-4-2-5-16/h1,3,6,9-13,16H,2,4-5,7-8H2,(H,27,30)(H2,25,26,28,29). The number of carbonyl (C=O) groups is 1. The molecule has 5 rings (SSSR count). The molecular formula is C23H22ClN5O. The summed E-state index contributed by atoms with van der Waals surface area (Å²) in [5.74, 6) is 1.21. The minimum atomic E-state index is 0.0986. The van der Waals surface area contributed by atoms with E-state index in [9.17, 15) is 4.79 Å². The molecule has 0 spiro atoms. The number of aryl methyl sites for hydroxylation is 2. The predicted molar refractivity (Wildman–Crippen MR) is 120 cm³/mol. The number of fused-ring (bicyclic) bond motifs is 6. The van der Waals surface area contributed by atoms with Gasteiger partial charge in [0.25, 0.3) is 0 Å². The molecule has 3 N–H and O–H groups in total. The summed E-state index contributed by atoms with van der Waals surface area (Å²) in [6.45, 7) is 0. The first kappa shape index (κ1) is 18.9. The van der Waals surface area contributed by atoms with Gasteiger partial charge in [-0.25, -0.2) is 4.98 Å². The van der Waals surface area contributed by atoms with Crippen molar-refractivity contribution in [2.75, 3.05) is 16.0 Å². The molecule has 1 fully saturated rings. The zero-order chi connectivity index (χ0) is 20.5. The highest BCUT2D eigenvalue weighted by Crippen LogP contribution is 2.31. The number of hydrogen-bond donors (Lipinski definition) is 3. The van der Waals surface area contributed by atoms with E-state index >= 15 is 0 Å². The lowest BCUT2D eigenvalue weighted by molar-refractivity contribution is -0.122. The van der Waals surface area contributed by atoms with Gasteiger partial charge < -0.3 is 16.0 Å². The number of nitrogens with one attached hydrogen (secondary N) is 3. The quantitative estimate of drug-likeness (QED) is 0.514. The number of amides is 1. The summed E-state index contributed by atoms with van der Waals surface area (Å²) in [6.07, 6.45) is 6.38. The van der Waals surface area contributed by atoms with Gasteiger partial charge in [0.05, 0.1) is 6.20 Å². The Morgan fingerprint density at radius 1 is 1.03 bits per heavy atom. The maximum absolute atomic E-state index is 12.5. The first-order valence-electron chi connectivity index (χ1n) is 10.2. The van der Waals surface area contributed by atoms with Gasteiger partial charge in [0.2, 0.25) is 11.9 Å². The van der Waals surface area contributed by atoms with E-state index in [1.807, 2.05) is 18.2 Å². The molecule has 7 heteroatoms. The van der Waals surface area contributed by atoms with Crippen LogP contribution in [0.2, 0.25) is 5.02 Å². The van der Waals surface area contributed by atoms with Crippen molar-refractivity contribution in [3.8, 4) is 0 Å². The Hall–Kier alpha value is -3.12. The van der Waals surface area contributed by atoms with Crippen LogP contribution in [0.3, 0.4) is 0 Å². The minimum absolute atomic E-state index is 0.0986. The van der Waals surface area contributed by atoms with Crippen LogP contribution < -0.4 is 16.0 Å². The SMILES string of the molecule is O=C(Nc1cc2cc(c1)Nc1nc(ncc1Cl)Nc1cccc(c1)CC2)C1CCC1. The summed E-state index contributed by atoms with van der Waals surface area (Å²) in [4.78, 5) is 21.3. The lowest BCUT2D eigenvalue weighted by atomic mass is 9.85. The van der Waals surface area contributed by atoms with E-state index in [2.05, 4.69) is 50.2 Å². The average Bonchev–Trinajstić information content (AvgIpc) is 2.67. The number of carbonyl (C=O) groups excluding carboxylic acids is 1. The van der Waals surface area contributed by atoms with Gasteiger partial charge in [-0.1, -0.05) is 30.2 Å². The summed E-state index contributed by atoms with van der Waals surface area (Å²) in [7, 11) is 0. The van der Waals surface area contributed by atoms with E-state index in [1.165, 1.54) is 5.56 Å². The van der Waals surface area contributed by atoms with Crippen molar-refractivity contribution in [1.29, 1.82) is 0 Å². The fourth-order valence-corrected chi connectivity index (χ4v) is 3.91. The smallest absolute Gasteiger partial charge is 0.229 e. The van der Waals surface area contributed by atoms with E-state index in [0.717, 1.165) is 54.7 Å². The van der Waals surface area contributed by atoms with Crippen LogP contribution in [0.1, 0.15) is 30.4 Å². The molecule has 3 aromatic rings. The summed E-state index contributed by atoms with van der Waals surface area (Å²) in [5, 5.41) is 10.0. The fraction of sp³-hybridized carbons (Fsp3) is 0.261. The van der Waals surface area contributed by atoms with Crippen molar-refractivity contribution in [2.24, 2.45) is 5.92 Å². The summed E-state index contributed by atoms with van der Waals surface area (Å²) in [6, 6.07) is 14.3. The van der Waals surface area contributed by atoms with Gasteiger partial charge in [-0.2, -0.15) is 4.98 Å².